The third-order valence-electron chi connectivity index (χ3n) is 3.32. The Balaban J connectivity index is 1.87. The van der Waals surface area contributed by atoms with Crippen LogP contribution in [-0.4, -0.2) is 19.3 Å². The van der Waals surface area contributed by atoms with E-state index in [-0.39, 0.29) is 10.9 Å². The molecule has 7 heteroatoms. The number of rotatable bonds is 5. The van der Waals surface area contributed by atoms with E-state index in [2.05, 4.69) is 10.1 Å². The summed E-state index contributed by atoms with van der Waals surface area (Å²) in [6.07, 6.45) is 4.50. The zero-order chi connectivity index (χ0) is 14.8. The summed E-state index contributed by atoms with van der Waals surface area (Å²) in [5, 5.41) is 4.23. The predicted octanol–water partition coefficient (Wildman–Crippen LogP) is 3.85. The molecule has 0 radical (unpaired) electrons. The Morgan fingerprint density at radius 1 is 1.24 bits per heavy atom. The van der Waals surface area contributed by atoms with Crippen LogP contribution in [0.1, 0.15) is 12.2 Å². The molecule has 0 aliphatic rings. The normalized spacial score (nSPS) is 11.4. The Morgan fingerprint density at radius 2 is 2.10 bits per heavy atom. The molecule has 0 saturated heterocycles. The van der Waals surface area contributed by atoms with Gasteiger partial charge >= 0.3 is 0 Å². The van der Waals surface area contributed by atoms with Crippen molar-refractivity contribution in [3.63, 3.8) is 0 Å². The summed E-state index contributed by atoms with van der Waals surface area (Å²) in [6.45, 7) is 1.48. The molecule has 0 aliphatic carbocycles. The van der Waals surface area contributed by atoms with Gasteiger partial charge in [0.05, 0.1) is 21.9 Å². The standard InChI is InChI=1S/C14H13Cl2FN4/c15-9-14-19-12-7-10(16)11(17)8-13(12)21(14)6-2-5-20-4-1-3-18-20/h1,3-4,7-8H,2,5-6,9H2. The van der Waals surface area contributed by atoms with Crippen LogP contribution in [0, 0.1) is 5.82 Å². The fourth-order valence-corrected chi connectivity index (χ4v) is 2.71. The topological polar surface area (TPSA) is 35.6 Å². The molecule has 0 spiro atoms. The van der Waals surface area contributed by atoms with Crippen LogP contribution in [0.3, 0.4) is 0 Å². The number of aromatic nitrogens is 4. The third kappa shape index (κ3) is 2.89. The molecule has 0 unspecified atom stereocenters. The third-order valence-corrected chi connectivity index (χ3v) is 3.85. The summed E-state index contributed by atoms with van der Waals surface area (Å²) in [6, 6.07) is 4.83. The quantitative estimate of drug-likeness (QED) is 0.667. The molecule has 0 saturated carbocycles. The number of halogens is 3. The molecule has 21 heavy (non-hydrogen) atoms. The van der Waals surface area contributed by atoms with E-state index in [1.165, 1.54) is 12.1 Å². The van der Waals surface area contributed by atoms with Gasteiger partial charge in [-0.25, -0.2) is 9.37 Å². The maximum Gasteiger partial charge on any atom is 0.144 e. The van der Waals surface area contributed by atoms with E-state index >= 15 is 0 Å². The van der Waals surface area contributed by atoms with Gasteiger partial charge in [-0.15, -0.1) is 11.6 Å². The SMILES string of the molecule is Fc1cc2c(cc1Cl)nc(CCl)n2CCCn1cccn1. The second-order valence-electron chi connectivity index (χ2n) is 4.69. The lowest BCUT2D eigenvalue weighted by Crippen LogP contribution is -2.07. The van der Waals surface area contributed by atoms with Gasteiger partial charge in [-0.05, 0) is 18.6 Å². The highest BCUT2D eigenvalue weighted by molar-refractivity contribution is 6.31. The maximum absolute atomic E-state index is 13.7. The van der Waals surface area contributed by atoms with Crippen LogP contribution in [0.25, 0.3) is 11.0 Å². The van der Waals surface area contributed by atoms with Gasteiger partial charge in [0.2, 0.25) is 0 Å². The number of aryl methyl sites for hydroxylation is 2. The highest BCUT2D eigenvalue weighted by Crippen LogP contribution is 2.24. The monoisotopic (exact) mass is 326 g/mol. The Bertz CT molecular complexity index is 752. The molecule has 2 heterocycles. The number of nitrogens with zero attached hydrogens (tertiary/aromatic N) is 4. The summed E-state index contributed by atoms with van der Waals surface area (Å²) in [5.74, 6) is 0.544. The minimum atomic E-state index is -0.446. The predicted molar refractivity (Wildman–Crippen MR) is 81.1 cm³/mol. The van der Waals surface area contributed by atoms with Crippen LogP contribution < -0.4 is 0 Å². The number of alkyl halides is 1. The van der Waals surface area contributed by atoms with Crippen LogP contribution in [0.15, 0.2) is 30.6 Å². The van der Waals surface area contributed by atoms with Crippen molar-refractivity contribution in [2.45, 2.75) is 25.4 Å². The van der Waals surface area contributed by atoms with Crippen LogP contribution in [0.2, 0.25) is 5.02 Å². The molecular formula is C14H13Cl2FN4. The minimum absolute atomic E-state index is 0.0739. The number of fused-ring (bicyclic) bond motifs is 1. The van der Waals surface area contributed by atoms with Gasteiger partial charge in [-0.3, -0.25) is 4.68 Å². The van der Waals surface area contributed by atoms with E-state index in [0.29, 0.717) is 23.4 Å². The van der Waals surface area contributed by atoms with Crippen molar-refractivity contribution in [1.29, 1.82) is 0 Å². The molecule has 3 aromatic rings. The van der Waals surface area contributed by atoms with Crippen molar-refractivity contribution in [1.82, 2.24) is 19.3 Å². The van der Waals surface area contributed by atoms with Crippen molar-refractivity contribution in [2.75, 3.05) is 0 Å². The molecule has 0 aliphatic heterocycles. The highest BCUT2D eigenvalue weighted by Gasteiger charge is 2.13. The largest absolute Gasteiger partial charge is 0.327 e. The molecule has 0 fully saturated rings. The summed E-state index contributed by atoms with van der Waals surface area (Å²) in [4.78, 5) is 4.41. The summed E-state index contributed by atoms with van der Waals surface area (Å²) < 4.78 is 17.5. The second kappa shape index (κ2) is 6.03. The van der Waals surface area contributed by atoms with Crippen LogP contribution in [-0.2, 0) is 19.0 Å². The number of benzene rings is 1. The van der Waals surface area contributed by atoms with Gasteiger partial charge in [-0.2, -0.15) is 5.10 Å². The molecule has 110 valence electrons. The number of hydrogen-bond acceptors (Lipinski definition) is 2. The molecule has 3 rings (SSSR count). The van der Waals surface area contributed by atoms with Gasteiger partial charge < -0.3 is 4.57 Å². The summed E-state index contributed by atoms with van der Waals surface area (Å²) >= 11 is 11.7. The molecule has 4 nitrogen and oxygen atoms in total. The highest BCUT2D eigenvalue weighted by atomic mass is 35.5. The average molecular weight is 327 g/mol. The first-order valence-electron chi connectivity index (χ1n) is 6.56. The average Bonchev–Trinajstić information content (AvgIpc) is 3.08. The van der Waals surface area contributed by atoms with E-state index < -0.39 is 5.82 Å². The number of imidazole rings is 1. The van der Waals surface area contributed by atoms with Crippen LogP contribution in [0.4, 0.5) is 4.39 Å². The van der Waals surface area contributed by atoms with Gasteiger partial charge in [0.25, 0.3) is 0 Å². The van der Waals surface area contributed by atoms with E-state index in [1.54, 1.807) is 6.20 Å². The van der Waals surface area contributed by atoms with Crippen molar-refractivity contribution in [2.24, 2.45) is 0 Å². The van der Waals surface area contributed by atoms with Crippen LogP contribution in [0.5, 0.6) is 0 Å². The smallest absolute Gasteiger partial charge is 0.144 e. The van der Waals surface area contributed by atoms with E-state index in [9.17, 15) is 4.39 Å². The van der Waals surface area contributed by atoms with Crippen molar-refractivity contribution < 1.29 is 4.39 Å². The summed E-state index contributed by atoms with van der Waals surface area (Å²) in [7, 11) is 0. The van der Waals surface area contributed by atoms with Crippen molar-refractivity contribution in [3.05, 3.63) is 47.3 Å². The van der Waals surface area contributed by atoms with Gasteiger partial charge in [0, 0.05) is 31.5 Å². The lowest BCUT2D eigenvalue weighted by atomic mass is 10.3. The lowest BCUT2D eigenvalue weighted by Gasteiger charge is -2.08. The van der Waals surface area contributed by atoms with Crippen molar-refractivity contribution >= 4 is 34.2 Å². The first-order valence-corrected chi connectivity index (χ1v) is 7.48. The number of hydrogen-bond donors (Lipinski definition) is 0. The van der Waals surface area contributed by atoms with E-state index in [0.717, 1.165) is 13.0 Å². The first-order chi connectivity index (χ1) is 10.2. The van der Waals surface area contributed by atoms with Gasteiger partial charge in [0.1, 0.15) is 11.6 Å². The van der Waals surface area contributed by atoms with E-state index in [1.807, 2.05) is 21.5 Å². The molecule has 0 atom stereocenters. The maximum atomic E-state index is 13.7. The molecular weight excluding hydrogens is 314 g/mol. The molecule has 0 amide bonds. The Kier molecular flexibility index (Phi) is 4.12. The first kappa shape index (κ1) is 14.4. The fraction of sp³-hybridized carbons (Fsp3) is 0.286. The Hall–Kier alpha value is -1.59. The zero-order valence-electron chi connectivity index (χ0n) is 11.1. The van der Waals surface area contributed by atoms with Gasteiger partial charge in [-0.1, -0.05) is 11.6 Å². The molecule has 1 aromatic carbocycles. The fourth-order valence-electron chi connectivity index (χ4n) is 2.35. The Morgan fingerprint density at radius 3 is 2.81 bits per heavy atom. The van der Waals surface area contributed by atoms with Gasteiger partial charge in [0.15, 0.2) is 0 Å². The van der Waals surface area contributed by atoms with Crippen molar-refractivity contribution in [3.8, 4) is 0 Å². The van der Waals surface area contributed by atoms with E-state index in [4.69, 9.17) is 23.2 Å². The zero-order valence-corrected chi connectivity index (χ0v) is 12.6. The second-order valence-corrected chi connectivity index (χ2v) is 5.37. The minimum Gasteiger partial charge on any atom is -0.327 e. The Labute approximate surface area is 131 Å². The summed E-state index contributed by atoms with van der Waals surface area (Å²) in [5.41, 5.74) is 1.38. The van der Waals surface area contributed by atoms with Crippen LogP contribution >= 0.6 is 23.2 Å². The molecule has 0 bridgehead atoms. The molecule has 2 aromatic heterocycles. The molecule has 0 N–H and O–H groups in total. The lowest BCUT2D eigenvalue weighted by molar-refractivity contribution is 0.526.